The molecule has 0 aliphatic carbocycles. The topological polar surface area (TPSA) is 48.1 Å². The summed E-state index contributed by atoms with van der Waals surface area (Å²) in [6, 6.07) is 11.7. The number of nitrogens with two attached hydrogens (primary N) is 1. The molecule has 3 nitrogen and oxygen atoms in total. The molecule has 3 aromatic rings. The van der Waals surface area contributed by atoms with E-state index in [4.69, 9.17) is 10.5 Å². The maximum Gasteiger partial charge on any atom is 0.142 e. The lowest BCUT2D eigenvalue weighted by atomic mass is 10.3. The maximum absolute atomic E-state index is 5.84. The molecule has 108 valence electrons. The average molecular weight is 316 g/mol. The second kappa shape index (κ2) is 6.74. The van der Waals surface area contributed by atoms with Gasteiger partial charge in [-0.15, -0.1) is 22.7 Å². The summed E-state index contributed by atoms with van der Waals surface area (Å²) in [6.45, 7) is 0.655. The molecule has 0 spiro atoms. The van der Waals surface area contributed by atoms with E-state index in [1.165, 1.54) is 4.88 Å². The number of aryl methyl sites for hydroxylation is 1. The number of nitrogen functional groups attached to an aromatic ring is 1. The Balaban J connectivity index is 1.49. The molecule has 2 aromatic heterocycles. The van der Waals surface area contributed by atoms with Crippen LogP contribution in [-0.4, -0.2) is 11.6 Å². The van der Waals surface area contributed by atoms with Crippen LogP contribution in [0.25, 0.3) is 10.6 Å². The van der Waals surface area contributed by atoms with Crippen LogP contribution in [0.5, 0.6) is 5.75 Å². The lowest BCUT2D eigenvalue weighted by Crippen LogP contribution is -2.01. The Kier molecular flexibility index (Phi) is 4.52. The summed E-state index contributed by atoms with van der Waals surface area (Å²) in [5, 5.41) is 5.35. The minimum Gasteiger partial charge on any atom is -0.491 e. The highest BCUT2D eigenvalue weighted by molar-refractivity contribution is 7.14. The molecule has 0 saturated carbocycles. The van der Waals surface area contributed by atoms with E-state index in [-0.39, 0.29) is 0 Å². The highest BCUT2D eigenvalue weighted by Crippen LogP contribution is 2.26. The van der Waals surface area contributed by atoms with Crippen molar-refractivity contribution in [2.45, 2.75) is 12.8 Å². The van der Waals surface area contributed by atoms with Crippen LogP contribution in [0.1, 0.15) is 11.4 Å². The molecule has 3 rings (SSSR count). The van der Waals surface area contributed by atoms with Crippen LogP contribution in [0.15, 0.2) is 47.2 Å². The minimum atomic E-state index is 0.655. The number of aromatic nitrogens is 1. The van der Waals surface area contributed by atoms with E-state index in [2.05, 4.69) is 27.9 Å². The molecule has 2 N–H and O–H groups in total. The Bertz CT molecular complexity index is 692. The molecule has 0 saturated heterocycles. The van der Waals surface area contributed by atoms with Crippen LogP contribution in [0.2, 0.25) is 0 Å². The van der Waals surface area contributed by atoms with E-state index in [0.29, 0.717) is 12.3 Å². The monoisotopic (exact) mass is 316 g/mol. The van der Waals surface area contributed by atoms with Gasteiger partial charge in [-0.25, -0.2) is 4.98 Å². The van der Waals surface area contributed by atoms with Crippen LogP contribution < -0.4 is 10.5 Å². The Morgan fingerprint density at radius 2 is 2.00 bits per heavy atom. The van der Waals surface area contributed by atoms with Gasteiger partial charge in [-0.1, -0.05) is 18.2 Å². The Hall–Kier alpha value is -1.85. The first-order chi connectivity index (χ1) is 10.3. The molecule has 0 aliphatic heterocycles. The summed E-state index contributed by atoms with van der Waals surface area (Å²) in [6.07, 6.45) is 1.87. The first-order valence-corrected chi connectivity index (χ1v) is 8.54. The van der Waals surface area contributed by atoms with Crippen LogP contribution in [0, 0.1) is 0 Å². The molecule has 21 heavy (non-hydrogen) atoms. The summed E-state index contributed by atoms with van der Waals surface area (Å²) in [4.78, 5) is 5.89. The zero-order valence-corrected chi connectivity index (χ0v) is 13.1. The van der Waals surface area contributed by atoms with Gasteiger partial charge in [-0.05, 0) is 30.0 Å². The van der Waals surface area contributed by atoms with Crippen molar-refractivity contribution in [3.8, 4) is 16.3 Å². The third-order valence-corrected chi connectivity index (χ3v) is 4.84. The lowest BCUT2D eigenvalue weighted by Gasteiger charge is -2.07. The predicted octanol–water partition coefficient (Wildman–Crippen LogP) is 4.47. The number of thiophene rings is 1. The van der Waals surface area contributed by atoms with E-state index in [1.54, 1.807) is 22.7 Å². The third-order valence-electron chi connectivity index (χ3n) is 3.04. The molecule has 0 atom stereocenters. The highest BCUT2D eigenvalue weighted by atomic mass is 32.1. The van der Waals surface area contributed by atoms with Crippen LogP contribution >= 0.6 is 22.7 Å². The van der Waals surface area contributed by atoms with Crippen molar-refractivity contribution in [3.63, 3.8) is 0 Å². The van der Waals surface area contributed by atoms with Crippen molar-refractivity contribution in [1.82, 2.24) is 4.98 Å². The summed E-state index contributed by atoms with van der Waals surface area (Å²) < 4.78 is 5.69. The highest BCUT2D eigenvalue weighted by Gasteiger charge is 2.05. The number of hydrogen-bond donors (Lipinski definition) is 1. The fourth-order valence-electron chi connectivity index (χ4n) is 1.98. The molecule has 1 aromatic carbocycles. The molecule has 0 radical (unpaired) electrons. The van der Waals surface area contributed by atoms with Crippen LogP contribution in [0.4, 0.5) is 5.69 Å². The van der Waals surface area contributed by atoms with E-state index in [1.807, 2.05) is 24.3 Å². The van der Waals surface area contributed by atoms with Gasteiger partial charge in [0.2, 0.25) is 0 Å². The van der Waals surface area contributed by atoms with Gasteiger partial charge in [-0.2, -0.15) is 0 Å². The third kappa shape index (κ3) is 3.62. The fourth-order valence-corrected chi connectivity index (χ4v) is 3.58. The number of anilines is 1. The van der Waals surface area contributed by atoms with E-state index >= 15 is 0 Å². The molecule has 5 heteroatoms. The van der Waals surface area contributed by atoms with Crippen molar-refractivity contribution in [2.24, 2.45) is 0 Å². The second-order valence-corrected chi connectivity index (χ2v) is 6.48. The van der Waals surface area contributed by atoms with Gasteiger partial charge < -0.3 is 10.5 Å². The minimum absolute atomic E-state index is 0.655. The number of nitrogens with zero attached hydrogens (tertiary/aromatic N) is 1. The first kappa shape index (κ1) is 14.1. The molecule has 0 bridgehead atoms. The Morgan fingerprint density at radius 3 is 2.81 bits per heavy atom. The quantitative estimate of drug-likeness (QED) is 0.539. The van der Waals surface area contributed by atoms with Gasteiger partial charge in [0.1, 0.15) is 5.75 Å². The summed E-state index contributed by atoms with van der Waals surface area (Å²) in [7, 11) is 0. The standard InChI is InChI=1S/C16H16N2OS2/c17-12-5-1-2-6-14(12)19-9-3-8-16-18-13(11-21-16)15-7-4-10-20-15/h1-2,4-7,10-11H,3,8-9,17H2. The largest absolute Gasteiger partial charge is 0.491 e. The van der Waals surface area contributed by atoms with Crippen LogP contribution in [-0.2, 0) is 6.42 Å². The molecule has 0 unspecified atom stereocenters. The zero-order valence-electron chi connectivity index (χ0n) is 11.5. The zero-order chi connectivity index (χ0) is 14.5. The predicted molar refractivity (Wildman–Crippen MR) is 90.1 cm³/mol. The van der Waals surface area contributed by atoms with E-state index in [0.717, 1.165) is 29.3 Å². The second-order valence-electron chi connectivity index (χ2n) is 4.59. The van der Waals surface area contributed by atoms with E-state index < -0.39 is 0 Å². The van der Waals surface area contributed by atoms with Gasteiger partial charge in [0.05, 0.1) is 27.9 Å². The van der Waals surface area contributed by atoms with Crippen molar-refractivity contribution < 1.29 is 4.74 Å². The van der Waals surface area contributed by atoms with E-state index in [9.17, 15) is 0 Å². The number of rotatable bonds is 6. The number of ether oxygens (including phenoxy) is 1. The number of para-hydroxylation sites is 2. The normalized spacial score (nSPS) is 10.7. The van der Waals surface area contributed by atoms with Gasteiger partial charge >= 0.3 is 0 Å². The van der Waals surface area contributed by atoms with Crippen molar-refractivity contribution >= 4 is 28.4 Å². The molecular weight excluding hydrogens is 300 g/mol. The van der Waals surface area contributed by atoms with Crippen molar-refractivity contribution in [2.75, 3.05) is 12.3 Å². The summed E-state index contributed by atoms with van der Waals surface area (Å²) >= 11 is 3.43. The van der Waals surface area contributed by atoms with Gasteiger partial charge in [0.25, 0.3) is 0 Å². The molecular formula is C16H16N2OS2. The average Bonchev–Trinajstić information content (AvgIpc) is 3.16. The maximum atomic E-state index is 5.84. The Labute approximate surface area is 132 Å². The SMILES string of the molecule is Nc1ccccc1OCCCc1nc(-c2cccs2)cs1. The van der Waals surface area contributed by atoms with Gasteiger partial charge in [0.15, 0.2) is 0 Å². The van der Waals surface area contributed by atoms with Gasteiger partial charge in [-0.3, -0.25) is 0 Å². The lowest BCUT2D eigenvalue weighted by molar-refractivity contribution is 0.312. The first-order valence-electron chi connectivity index (χ1n) is 6.78. The number of benzene rings is 1. The fraction of sp³-hybridized carbons (Fsp3) is 0.188. The molecule has 2 heterocycles. The number of thiazole rings is 1. The van der Waals surface area contributed by atoms with Crippen molar-refractivity contribution in [3.05, 3.63) is 52.2 Å². The molecule has 0 fully saturated rings. The van der Waals surface area contributed by atoms with Crippen LogP contribution in [0.3, 0.4) is 0 Å². The smallest absolute Gasteiger partial charge is 0.142 e. The summed E-state index contributed by atoms with van der Waals surface area (Å²) in [5.74, 6) is 0.760. The Morgan fingerprint density at radius 1 is 1.10 bits per heavy atom. The van der Waals surface area contributed by atoms with Gasteiger partial charge in [0, 0.05) is 11.8 Å². The van der Waals surface area contributed by atoms with Crippen molar-refractivity contribution in [1.29, 1.82) is 0 Å². The molecule has 0 amide bonds. The summed E-state index contributed by atoms with van der Waals surface area (Å²) in [5.41, 5.74) is 7.61. The molecule has 0 aliphatic rings. The number of hydrogen-bond acceptors (Lipinski definition) is 5.